The molecule has 1 saturated heterocycles. The number of carbonyl (C=O) groups is 1. The molecule has 1 unspecified atom stereocenters. The summed E-state index contributed by atoms with van der Waals surface area (Å²) in [7, 11) is 0. The third-order valence-electron chi connectivity index (χ3n) is 3.70. The highest BCUT2D eigenvalue weighted by Crippen LogP contribution is 2.19. The molecule has 0 bridgehead atoms. The van der Waals surface area contributed by atoms with Gasteiger partial charge in [-0.1, -0.05) is 13.3 Å². The zero-order chi connectivity index (χ0) is 14.5. The van der Waals surface area contributed by atoms with Gasteiger partial charge in [-0.3, -0.25) is 9.69 Å². The number of thiophene rings is 1. The summed E-state index contributed by atoms with van der Waals surface area (Å²) < 4.78 is 0. The van der Waals surface area contributed by atoms with E-state index in [1.807, 2.05) is 24.0 Å². The van der Waals surface area contributed by atoms with Crippen LogP contribution in [0.15, 0.2) is 12.1 Å². The Morgan fingerprint density at radius 2 is 2.10 bits per heavy atom. The molecule has 4 nitrogen and oxygen atoms in total. The molecule has 1 aromatic rings. The van der Waals surface area contributed by atoms with Crippen molar-refractivity contribution in [3.05, 3.63) is 21.9 Å². The van der Waals surface area contributed by atoms with Gasteiger partial charge in [-0.05, 0) is 25.5 Å². The predicted octanol–water partition coefficient (Wildman–Crippen LogP) is 2.51. The van der Waals surface area contributed by atoms with Crippen molar-refractivity contribution in [2.75, 3.05) is 26.2 Å². The van der Waals surface area contributed by atoms with E-state index in [1.54, 1.807) is 11.3 Å². The van der Waals surface area contributed by atoms with Gasteiger partial charge in [-0.25, -0.2) is 0 Å². The summed E-state index contributed by atoms with van der Waals surface area (Å²) in [4.78, 5) is 18.4. The number of hydrogen-bond acceptors (Lipinski definition) is 4. The zero-order valence-electron chi connectivity index (χ0n) is 12.1. The lowest BCUT2D eigenvalue weighted by molar-refractivity contribution is 0.0606. The van der Waals surface area contributed by atoms with Crippen LogP contribution in [-0.2, 0) is 0 Å². The number of carbonyl (C=O) groups excluding carboxylic acids is 1. The minimum absolute atomic E-state index is 0.00114. The molecule has 5 heteroatoms. The number of piperazine rings is 1. The van der Waals surface area contributed by atoms with Gasteiger partial charge in [0.15, 0.2) is 0 Å². The first kappa shape index (κ1) is 15.0. The van der Waals surface area contributed by atoms with Gasteiger partial charge in [0.2, 0.25) is 0 Å². The van der Waals surface area contributed by atoms with Crippen molar-refractivity contribution in [3.8, 4) is 6.07 Å². The van der Waals surface area contributed by atoms with Gasteiger partial charge in [0.25, 0.3) is 5.91 Å². The first-order valence-electron chi connectivity index (χ1n) is 7.15. The van der Waals surface area contributed by atoms with Gasteiger partial charge < -0.3 is 4.90 Å². The number of hydrogen-bond donors (Lipinski definition) is 0. The molecule has 0 radical (unpaired) electrons. The lowest BCUT2D eigenvalue weighted by Gasteiger charge is -2.36. The highest BCUT2D eigenvalue weighted by molar-refractivity contribution is 7.13. The van der Waals surface area contributed by atoms with Crippen molar-refractivity contribution in [2.45, 2.75) is 32.7 Å². The maximum Gasteiger partial charge on any atom is 0.264 e. The van der Waals surface area contributed by atoms with E-state index in [4.69, 9.17) is 0 Å². The summed E-state index contributed by atoms with van der Waals surface area (Å²) in [6, 6.07) is 6.27. The highest BCUT2D eigenvalue weighted by atomic mass is 32.1. The maximum absolute atomic E-state index is 12.3. The van der Waals surface area contributed by atoms with Crippen molar-refractivity contribution >= 4 is 17.2 Å². The largest absolute Gasteiger partial charge is 0.335 e. The van der Waals surface area contributed by atoms with Gasteiger partial charge in [0, 0.05) is 31.1 Å². The summed E-state index contributed by atoms with van der Waals surface area (Å²) in [5, 5.41) is 9.19. The molecule has 1 aliphatic heterocycles. The Balaban J connectivity index is 1.91. The van der Waals surface area contributed by atoms with Crippen LogP contribution in [-0.4, -0.2) is 47.9 Å². The Labute approximate surface area is 124 Å². The van der Waals surface area contributed by atoms with Crippen LogP contribution in [0.5, 0.6) is 0 Å². The first-order valence-corrected chi connectivity index (χ1v) is 7.96. The molecule has 0 saturated carbocycles. The molecule has 0 aromatic carbocycles. The summed E-state index contributed by atoms with van der Waals surface area (Å²) in [5.41, 5.74) is 0. The SMILES string of the molecule is CCCC(C#N)N1CCN(C(=O)c2ccc(C)s2)CC1. The molecule has 1 amide bonds. The second kappa shape index (κ2) is 6.87. The van der Waals surface area contributed by atoms with Crippen LogP contribution >= 0.6 is 11.3 Å². The van der Waals surface area contributed by atoms with E-state index in [-0.39, 0.29) is 11.9 Å². The molecule has 0 spiro atoms. The molecule has 2 heterocycles. The van der Waals surface area contributed by atoms with Crippen LogP contribution in [0, 0.1) is 18.3 Å². The molecular formula is C15H21N3OS. The van der Waals surface area contributed by atoms with Crippen molar-refractivity contribution < 1.29 is 4.79 Å². The van der Waals surface area contributed by atoms with E-state index in [1.165, 1.54) is 4.88 Å². The van der Waals surface area contributed by atoms with Crippen molar-refractivity contribution in [1.82, 2.24) is 9.80 Å². The van der Waals surface area contributed by atoms with E-state index < -0.39 is 0 Å². The van der Waals surface area contributed by atoms with Crippen molar-refractivity contribution in [3.63, 3.8) is 0 Å². The lowest BCUT2D eigenvalue weighted by atomic mass is 10.1. The minimum atomic E-state index is 0.00114. The molecule has 1 atom stereocenters. The van der Waals surface area contributed by atoms with E-state index in [0.29, 0.717) is 0 Å². The summed E-state index contributed by atoms with van der Waals surface area (Å²) in [6.45, 7) is 7.16. The van der Waals surface area contributed by atoms with Crippen molar-refractivity contribution in [1.29, 1.82) is 5.26 Å². The second-order valence-corrected chi connectivity index (χ2v) is 6.46. The summed E-state index contributed by atoms with van der Waals surface area (Å²) in [6.07, 6.45) is 1.93. The van der Waals surface area contributed by atoms with E-state index in [2.05, 4.69) is 17.9 Å². The monoisotopic (exact) mass is 291 g/mol. The van der Waals surface area contributed by atoms with Crippen LogP contribution in [0.1, 0.15) is 34.3 Å². The molecule has 0 aliphatic carbocycles. The number of amides is 1. The fourth-order valence-corrected chi connectivity index (χ4v) is 3.38. The molecule has 108 valence electrons. The van der Waals surface area contributed by atoms with Crippen LogP contribution in [0.25, 0.3) is 0 Å². The van der Waals surface area contributed by atoms with Crippen LogP contribution in [0.4, 0.5) is 0 Å². The maximum atomic E-state index is 12.3. The van der Waals surface area contributed by atoms with Gasteiger partial charge >= 0.3 is 0 Å². The highest BCUT2D eigenvalue weighted by Gasteiger charge is 2.26. The predicted molar refractivity (Wildman–Crippen MR) is 80.8 cm³/mol. The van der Waals surface area contributed by atoms with Gasteiger partial charge in [-0.2, -0.15) is 5.26 Å². The topological polar surface area (TPSA) is 47.3 Å². The average Bonchev–Trinajstić information content (AvgIpc) is 2.91. The Kier molecular flexibility index (Phi) is 5.16. The van der Waals surface area contributed by atoms with Gasteiger partial charge in [0.05, 0.1) is 17.0 Å². The molecule has 20 heavy (non-hydrogen) atoms. The Morgan fingerprint density at radius 1 is 1.40 bits per heavy atom. The minimum Gasteiger partial charge on any atom is -0.335 e. The summed E-state index contributed by atoms with van der Waals surface area (Å²) >= 11 is 1.55. The number of rotatable bonds is 4. The Morgan fingerprint density at radius 3 is 2.60 bits per heavy atom. The van der Waals surface area contributed by atoms with Crippen LogP contribution in [0.2, 0.25) is 0 Å². The van der Waals surface area contributed by atoms with E-state index in [9.17, 15) is 10.1 Å². The Bertz CT molecular complexity index is 497. The van der Waals surface area contributed by atoms with E-state index >= 15 is 0 Å². The molecular weight excluding hydrogens is 270 g/mol. The third-order valence-corrected chi connectivity index (χ3v) is 4.69. The smallest absolute Gasteiger partial charge is 0.264 e. The van der Waals surface area contributed by atoms with Crippen LogP contribution < -0.4 is 0 Å². The molecule has 0 N–H and O–H groups in total. The second-order valence-electron chi connectivity index (χ2n) is 5.17. The standard InChI is InChI=1S/C15H21N3OS/c1-3-4-13(11-16)17-7-9-18(10-8-17)15(19)14-6-5-12(2)20-14/h5-6,13H,3-4,7-10H2,1-2H3. The number of nitrogens with zero attached hydrogens (tertiary/aromatic N) is 3. The summed E-state index contributed by atoms with van der Waals surface area (Å²) in [5.74, 6) is 0.131. The molecule has 1 fully saturated rings. The lowest BCUT2D eigenvalue weighted by Crippen LogP contribution is -2.51. The van der Waals surface area contributed by atoms with Gasteiger partial charge in [-0.15, -0.1) is 11.3 Å². The zero-order valence-corrected chi connectivity index (χ0v) is 12.9. The average molecular weight is 291 g/mol. The first-order chi connectivity index (χ1) is 9.65. The van der Waals surface area contributed by atoms with Crippen LogP contribution in [0.3, 0.4) is 0 Å². The fourth-order valence-electron chi connectivity index (χ4n) is 2.54. The Hall–Kier alpha value is -1.38. The normalized spacial score (nSPS) is 17.8. The quantitative estimate of drug-likeness (QED) is 0.856. The molecule has 2 rings (SSSR count). The van der Waals surface area contributed by atoms with E-state index in [0.717, 1.165) is 43.9 Å². The fraction of sp³-hybridized carbons (Fsp3) is 0.600. The van der Waals surface area contributed by atoms with Gasteiger partial charge in [0.1, 0.15) is 0 Å². The number of nitriles is 1. The molecule has 1 aromatic heterocycles. The molecule has 1 aliphatic rings. The van der Waals surface area contributed by atoms with Crippen molar-refractivity contribution in [2.24, 2.45) is 0 Å². The number of aryl methyl sites for hydroxylation is 1. The third kappa shape index (κ3) is 3.38.